The monoisotopic (exact) mass is 301 g/mol. The topological polar surface area (TPSA) is 54.9 Å². The van der Waals surface area contributed by atoms with E-state index in [-0.39, 0.29) is 5.91 Å². The van der Waals surface area contributed by atoms with Gasteiger partial charge in [0.1, 0.15) is 4.88 Å². The highest BCUT2D eigenvalue weighted by atomic mass is 32.1. The highest BCUT2D eigenvalue weighted by Gasteiger charge is 2.32. The molecule has 0 saturated carbocycles. The second-order valence-corrected chi connectivity index (χ2v) is 6.69. The predicted molar refractivity (Wildman–Crippen MR) is 83.6 cm³/mol. The number of aromatic nitrogens is 2. The van der Waals surface area contributed by atoms with Crippen LogP contribution in [0.1, 0.15) is 52.9 Å². The zero-order chi connectivity index (χ0) is 14.8. The van der Waals surface area contributed by atoms with E-state index in [0.717, 1.165) is 18.0 Å². The summed E-state index contributed by atoms with van der Waals surface area (Å²) in [5.41, 5.74) is 2.84. The maximum atomic E-state index is 12.0. The summed E-state index contributed by atoms with van der Waals surface area (Å²) in [4.78, 5) is 12.6. The fraction of sp³-hybridized carbons (Fsp3) is 0.438. The summed E-state index contributed by atoms with van der Waals surface area (Å²) < 4.78 is 3.73. The molecule has 0 fully saturated rings. The van der Waals surface area contributed by atoms with Gasteiger partial charge in [-0.1, -0.05) is 42.6 Å². The first-order valence-corrected chi connectivity index (χ1v) is 8.08. The molecule has 3 rings (SSSR count). The first kappa shape index (κ1) is 14.2. The molecule has 2 aromatic rings. The number of fused-ring (bicyclic) bond motifs is 1. The van der Waals surface area contributed by atoms with Gasteiger partial charge < -0.3 is 5.32 Å². The maximum absolute atomic E-state index is 12.0. The van der Waals surface area contributed by atoms with Crippen LogP contribution in [-0.4, -0.2) is 22.0 Å². The number of hydrogen-bond donors (Lipinski definition) is 1. The second-order valence-electron chi connectivity index (χ2n) is 5.90. The van der Waals surface area contributed by atoms with Gasteiger partial charge in [-0.15, -0.1) is 5.10 Å². The summed E-state index contributed by atoms with van der Waals surface area (Å²) in [6, 6.07) is 8.62. The molecule has 2 atom stereocenters. The summed E-state index contributed by atoms with van der Waals surface area (Å²) in [6.07, 6.45) is 2.62. The first-order valence-electron chi connectivity index (χ1n) is 7.31. The molecule has 1 heterocycles. The van der Waals surface area contributed by atoms with E-state index < -0.39 is 0 Å². The molecule has 0 spiro atoms. The third-order valence-electron chi connectivity index (χ3n) is 4.27. The van der Waals surface area contributed by atoms with Crippen molar-refractivity contribution in [2.75, 3.05) is 6.54 Å². The van der Waals surface area contributed by atoms with Crippen LogP contribution in [0.3, 0.4) is 0 Å². The van der Waals surface area contributed by atoms with Gasteiger partial charge in [-0.05, 0) is 40.9 Å². The molecule has 0 unspecified atom stereocenters. The van der Waals surface area contributed by atoms with Crippen LogP contribution in [0.2, 0.25) is 0 Å². The Balaban J connectivity index is 1.71. The van der Waals surface area contributed by atoms with Crippen LogP contribution in [0, 0.1) is 5.92 Å². The van der Waals surface area contributed by atoms with Gasteiger partial charge in [0.25, 0.3) is 5.91 Å². The third kappa shape index (κ3) is 2.83. The van der Waals surface area contributed by atoms with E-state index in [9.17, 15) is 4.79 Å². The van der Waals surface area contributed by atoms with E-state index in [1.54, 1.807) is 0 Å². The van der Waals surface area contributed by atoms with E-state index in [4.69, 9.17) is 0 Å². The highest BCUT2D eigenvalue weighted by molar-refractivity contribution is 7.07. The van der Waals surface area contributed by atoms with Crippen LogP contribution in [0.25, 0.3) is 0 Å². The van der Waals surface area contributed by atoms with Gasteiger partial charge in [-0.3, -0.25) is 4.79 Å². The Morgan fingerprint density at radius 1 is 1.38 bits per heavy atom. The van der Waals surface area contributed by atoms with Crippen LogP contribution < -0.4 is 5.32 Å². The lowest BCUT2D eigenvalue weighted by Gasteiger charge is -2.16. The standard InChI is InChI=1S/C16H19N3OS/c1-10(2)14-7-11(12-5-3-4-6-13(12)14)8-17-16(20)15-9-18-19-21-15/h3-6,9-11,14H,7-8H2,1-2H3,(H,17,20)/t11-,14-/m0/s1. The van der Waals surface area contributed by atoms with Crippen molar-refractivity contribution in [2.24, 2.45) is 5.92 Å². The molecule has 1 aliphatic carbocycles. The molecular formula is C16H19N3OS. The average Bonchev–Trinajstić information content (AvgIpc) is 3.13. The van der Waals surface area contributed by atoms with E-state index in [2.05, 4.69) is 53.0 Å². The molecule has 0 aliphatic heterocycles. The molecular weight excluding hydrogens is 282 g/mol. The fourth-order valence-corrected chi connectivity index (χ4v) is 3.61. The Hall–Kier alpha value is -1.75. The predicted octanol–water partition coefficient (Wildman–Crippen LogP) is 3.20. The van der Waals surface area contributed by atoms with Gasteiger partial charge in [0, 0.05) is 12.5 Å². The van der Waals surface area contributed by atoms with Crippen molar-refractivity contribution in [2.45, 2.75) is 32.1 Å². The van der Waals surface area contributed by atoms with Gasteiger partial charge >= 0.3 is 0 Å². The minimum atomic E-state index is -0.0736. The molecule has 1 aromatic heterocycles. The lowest BCUT2D eigenvalue weighted by molar-refractivity contribution is 0.0954. The van der Waals surface area contributed by atoms with Crippen molar-refractivity contribution in [3.8, 4) is 0 Å². The summed E-state index contributed by atoms with van der Waals surface area (Å²) in [5, 5.41) is 6.72. The molecule has 0 radical (unpaired) electrons. The molecule has 5 heteroatoms. The zero-order valence-corrected chi connectivity index (χ0v) is 13.1. The van der Waals surface area contributed by atoms with Crippen LogP contribution >= 0.6 is 11.5 Å². The van der Waals surface area contributed by atoms with E-state index in [0.29, 0.717) is 29.2 Å². The largest absolute Gasteiger partial charge is 0.351 e. The Labute approximate surface area is 128 Å². The number of carbonyl (C=O) groups is 1. The lowest BCUT2D eigenvalue weighted by Crippen LogP contribution is -2.27. The quantitative estimate of drug-likeness (QED) is 0.943. The minimum absolute atomic E-state index is 0.0736. The normalized spacial score (nSPS) is 20.5. The number of carbonyl (C=O) groups excluding carboxylic acids is 1. The van der Waals surface area contributed by atoms with Gasteiger partial charge in [-0.2, -0.15) is 0 Å². The van der Waals surface area contributed by atoms with Gasteiger partial charge in [0.05, 0.1) is 6.20 Å². The second kappa shape index (κ2) is 5.93. The molecule has 1 amide bonds. The van der Waals surface area contributed by atoms with Gasteiger partial charge in [-0.25, -0.2) is 0 Å². The molecule has 21 heavy (non-hydrogen) atoms. The number of amides is 1. The molecule has 0 saturated heterocycles. The molecule has 0 bridgehead atoms. The van der Waals surface area contributed by atoms with E-state index >= 15 is 0 Å². The Morgan fingerprint density at radius 2 is 2.14 bits per heavy atom. The Bertz CT molecular complexity index is 624. The number of nitrogens with zero attached hydrogens (tertiary/aromatic N) is 2. The number of nitrogens with one attached hydrogen (secondary N) is 1. The average molecular weight is 301 g/mol. The van der Waals surface area contributed by atoms with Crippen LogP contribution in [-0.2, 0) is 0 Å². The van der Waals surface area contributed by atoms with Gasteiger partial charge in [0.2, 0.25) is 0 Å². The first-order chi connectivity index (χ1) is 10.2. The summed E-state index contributed by atoms with van der Waals surface area (Å²) in [6.45, 7) is 5.22. The highest BCUT2D eigenvalue weighted by Crippen LogP contribution is 2.44. The summed E-state index contributed by atoms with van der Waals surface area (Å²) >= 11 is 1.13. The summed E-state index contributed by atoms with van der Waals surface area (Å²) in [7, 11) is 0. The van der Waals surface area contributed by atoms with Crippen LogP contribution in [0.5, 0.6) is 0 Å². The van der Waals surface area contributed by atoms with Gasteiger partial charge in [0.15, 0.2) is 0 Å². The van der Waals surface area contributed by atoms with Crippen LogP contribution in [0.15, 0.2) is 30.5 Å². The van der Waals surface area contributed by atoms with Crippen molar-refractivity contribution < 1.29 is 4.79 Å². The van der Waals surface area contributed by atoms with E-state index in [1.807, 2.05) is 0 Å². The zero-order valence-electron chi connectivity index (χ0n) is 12.2. The minimum Gasteiger partial charge on any atom is -0.351 e. The fourth-order valence-electron chi connectivity index (χ4n) is 3.18. The SMILES string of the molecule is CC(C)[C@@H]1C[C@@H](CNC(=O)c2cnns2)c2ccccc21. The van der Waals surface area contributed by atoms with Crippen molar-refractivity contribution in [3.05, 3.63) is 46.5 Å². The molecule has 110 valence electrons. The number of hydrogen-bond acceptors (Lipinski definition) is 4. The van der Waals surface area contributed by atoms with Crippen molar-refractivity contribution in [3.63, 3.8) is 0 Å². The number of benzene rings is 1. The lowest BCUT2D eigenvalue weighted by atomic mass is 9.90. The molecule has 1 aliphatic rings. The molecule has 4 nitrogen and oxygen atoms in total. The Kier molecular flexibility index (Phi) is 4.01. The molecule has 1 aromatic carbocycles. The van der Waals surface area contributed by atoms with Crippen molar-refractivity contribution in [1.82, 2.24) is 14.9 Å². The Morgan fingerprint density at radius 3 is 2.81 bits per heavy atom. The smallest absolute Gasteiger partial charge is 0.264 e. The maximum Gasteiger partial charge on any atom is 0.264 e. The van der Waals surface area contributed by atoms with Crippen molar-refractivity contribution in [1.29, 1.82) is 0 Å². The van der Waals surface area contributed by atoms with Crippen molar-refractivity contribution >= 4 is 17.4 Å². The summed E-state index contributed by atoms with van der Waals surface area (Å²) in [5.74, 6) is 1.54. The van der Waals surface area contributed by atoms with Crippen LogP contribution in [0.4, 0.5) is 0 Å². The van der Waals surface area contributed by atoms with E-state index in [1.165, 1.54) is 17.3 Å². The number of rotatable bonds is 4. The molecule has 1 N–H and O–H groups in total. The third-order valence-corrected chi connectivity index (χ3v) is 4.94.